The van der Waals surface area contributed by atoms with Gasteiger partial charge in [-0.25, -0.2) is 0 Å². The van der Waals surface area contributed by atoms with Crippen LogP contribution >= 0.6 is 0 Å². The molecule has 0 amide bonds. The first-order valence-electron chi connectivity index (χ1n) is 11.9. The standard InChI is InChI=1S/C32H34/c1-4-5-6-13-24(2)20-21-26-14-7-10-17-29(26)25(3)32-30-18-11-8-15-27(30)22-23-28-16-9-12-19-31(28)32/h4-19,24H,20-23H2,1-3H3/b5-4-,13-6-. The number of hydrogen-bond acceptors (Lipinski definition) is 0. The molecule has 3 aromatic rings. The molecule has 1 unspecified atom stereocenters. The molecule has 0 aromatic heterocycles. The Hall–Kier alpha value is -3.12. The van der Waals surface area contributed by atoms with Gasteiger partial charge < -0.3 is 0 Å². The van der Waals surface area contributed by atoms with Crippen LogP contribution in [0.3, 0.4) is 0 Å². The van der Waals surface area contributed by atoms with Gasteiger partial charge in [-0.15, -0.1) is 0 Å². The summed E-state index contributed by atoms with van der Waals surface area (Å²) in [5.41, 5.74) is 11.3. The van der Waals surface area contributed by atoms with Gasteiger partial charge in [0, 0.05) is 0 Å². The highest BCUT2D eigenvalue weighted by Crippen LogP contribution is 2.39. The predicted molar refractivity (Wildman–Crippen MR) is 140 cm³/mol. The number of hydrogen-bond donors (Lipinski definition) is 0. The summed E-state index contributed by atoms with van der Waals surface area (Å²) in [5.74, 6) is 0.562. The summed E-state index contributed by atoms with van der Waals surface area (Å²) < 4.78 is 0. The summed E-state index contributed by atoms with van der Waals surface area (Å²) in [6, 6.07) is 27.0. The van der Waals surface area contributed by atoms with Crippen molar-refractivity contribution in [2.45, 2.75) is 46.5 Å². The molecule has 4 rings (SSSR count). The van der Waals surface area contributed by atoms with Crippen LogP contribution in [0.1, 0.15) is 60.6 Å². The third-order valence-electron chi connectivity index (χ3n) is 6.65. The van der Waals surface area contributed by atoms with E-state index in [9.17, 15) is 0 Å². The van der Waals surface area contributed by atoms with Crippen molar-refractivity contribution in [3.63, 3.8) is 0 Å². The minimum Gasteiger partial charge on any atom is -0.0877 e. The van der Waals surface area contributed by atoms with Crippen molar-refractivity contribution in [1.29, 1.82) is 0 Å². The molecule has 162 valence electrons. The van der Waals surface area contributed by atoms with Crippen LogP contribution < -0.4 is 0 Å². The highest BCUT2D eigenvalue weighted by molar-refractivity contribution is 6.00. The van der Waals surface area contributed by atoms with Gasteiger partial charge in [-0.2, -0.15) is 0 Å². The van der Waals surface area contributed by atoms with E-state index in [0.717, 1.165) is 25.7 Å². The van der Waals surface area contributed by atoms with Crippen molar-refractivity contribution in [2.24, 2.45) is 5.92 Å². The number of fused-ring (bicyclic) bond motifs is 2. The average Bonchev–Trinajstić information content (AvgIpc) is 3.00. The Labute approximate surface area is 194 Å². The first-order chi connectivity index (χ1) is 15.7. The third-order valence-corrected chi connectivity index (χ3v) is 6.65. The van der Waals surface area contributed by atoms with Gasteiger partial charge in [-0.1, -0.05) is 104 Å². The Morgan fingerprint density at radius 1 is 0.812 bits per heavy atom. The SMILES string of the molecule is C/C=C\C=C/C(C)CCc1ccccc1C(C)=C1c2ccccc2CCc2ccccc21. The van der Waals surface area contributed by atoms with Crippen molar-refractivity contribution in [3.05, 3.63) is 130 Å². The van der Waals surface area contributed by atoms with E-state index < -0.39 is 0 Å². The smallest absolute Gasteiger partial charge is 0.00705 e. The first-order valence-corrected chi connectivity index (χ1v) is 11.9. The quantitative estimate of drug-likeness (QED) is 0.352. The molecule has 0 fully saturated rings. The summed E-state index contributed by atoms with van der Waals surface area (Å²) in [4.78, 5) is 0. The van der Waals surface area contributed by atoms with Gasteiger partial charge in [0.2, 0.25) is 0 Å². The molecular formula is C32H34. The molecule has 0 heteroatoms. The Balaban J connectivity index is 1.78. The lowest BCUT2D eigenvalue weighted by Gasteiger charge is -2.19. The normalized spacial score (nSPS) is 14.3. The van der Waals surface area contributed by atoms with E-state index in [-0.39, 0.29) is 0 Å². The Morgan fingerprint density at radius 3 is 2.06 bits per heavy atom. The second-order valence-corrected chi connectivity index (χ2v) is 8.90. The van der Waals surface area contributed by atoms with Crippen LogP contribution in [0.15, 0.2) is 97.1 Å². The summed E-state index contributed by atoms with van der Waals surface area (Å²) in [6.45, 7) is 6.69. The van der Waals surface area contributed by atoms with Gasteiger partial charge in [-0.05, 0) is 90.0 Å². The fraction of sp³-hybridized carbons (Fsp3) is 0.250. The Bertz CT molecular complexity index is 1110. The fourth-order valence-corrected chi connectivity index (χ4v) is 4.87. The van der Waals surface area contributed by atoms with Gasteiger partial charge in [0.1, 0.15) is 0 Å². The lowest BCUT2D eigenvalue weighted by atomic mass is 9.85. The molecule has 32 heavy (non-hydrogen) atoms. The topological polar surface area (TPSA) is 0 Å². The van der Waals surface area contributed by atoms with Crippen molar-refractivity contribution < 1.29 is 0 Å². The lowest BCUT2D eigenvalue weighted by molar-refractivity contribution is 0.647. The summed E-state index contributed by atoms with van der Waals surface area (Å²) >= 11 is 0. The van der Waals surface area contributed by atoms with Crippen LogP contribution in [0.4, 0.5) is 0 Å². The molecule has 0 saturated heterocycles. The molecule has 1 aliphatic rings. The summed E-state index contributed by atoms with van der Waals surface area (Å²) in [6.07, 6.45) is 13.1. The largest absolute Gasteiger partial charge is 0.0877 e. The van der Waals surface area contributed by atoms with Crippen molar-refractivity contribution in [2.75, 3.05) is 0 Å². The van der Waals surface area contributed by atoms with E-state index in [1.165, 1.54) is 44.5 Å². The monoisotopic (exact) mass is 418 g/mol. The van der Waals surface area contributed by atoms with Crippen molar-refractivity contribution in [1.82, 2.24) is 0 Å². The summed E-state index contributed by atoms with van der Waals surface area (Å²) in [7, 11) is 0. The van der Waals surface area contributed by atoms with E-state index in [1.807, 2.05) is 0 Å². The number of benzene rings is 3. The second kappa shape index (κ2) is 10.5. The zero-order valence-corrected chi connectivity index (χ0v) is 19.6. The average molecular weight is 419 g/mol. The number of rotatable bonds is 6. The molecule has 0 spiro atoms. The van der Waals surface area contributed by atoms with E-state index in [0.29, 0.717) is 5.92 Å². The highest BCUT2D eigenvalue weighted by atomic mass is 14.2. The fourth-order valence-electron chi connectivity index (χ4n) is 4.87. The molecule has 0 saturated carbocycles. The van der Waals surface area contributed by atoms with E-state index in [4.69, 9.17) is 0 Å². The number of aryl methyl sites for hydroxylation is 3. The zero-order chi connectivity index (χ0) is 22.3. The van der Waals surface area contributed by atoms with Crippen LogP contribution in [0, 0.1) is 5.92 Å². The molecule has 1 aliphatic carbocycles. The molecule has 0 heterocycles. The van der Waals surface area contributed by atoms with Crippen LogP contribution in [-0.4, -0.2) is 0 Å². The molecule has 0 aliphatic heterocycles. The molecule has 0 N–H and O–H groups in total. The van der Waals surface area contributed by atoms with Gasteiger partial charge in [0.15, 0.2) is 0 Å². The molecule has 0 bridgehead atoms. The maximum atomic E-state index is 2.32. The van der Waals surface area contributed by atoms with Gasteiger partial charge in [-0.3, -0.25) is 0 Å². The van der Waals surface area contributed by atoms with E-state index >= 15 is 0 Å². The Kier molecular flexibility index (Phi) is 7.22. The van der Waals surface area contributed by atoms with Gasteiger partial charge >= 0.3 is 0 Å². The third kappa shape index (κ3) is 4.86. The van der Waals surface area contributed by atoms with Crippen LogP contribution in [0.25, 0.3) is 11.1 Å². The maximum Gasteiger partial charge on any atom is -0.00705 e. The van der Waals surface area contributed by atoms with E-state index in [2.05, 4.69) is 118 Å². The predicted octanol–water partition coefficient (Wildman–Crippen LogP) is 8.47. The number of allylic oxidation sites excluding steroid dienone is 5. The van der Waals surface area contributed by atoms with Crippen molar-refractivity contribution in [3.8, 4) is 0 Å². The first kappa shape index (κ1) is 22.1. The van der Waals surface area contributed by atoms with Gasteiger partial charge in [0.25, 0.3) is 0 Å². The van der Waals surface area contributed by atoms with E-state index in [1.54, 1.807) is 0 Å². The summed E-state index contributed by atoms with van der Waals surface area (Å²) in [5, 5.41) is 0. The van der Waals surface area contributed by atoms with Gasteiger partial charge in [0.05, 0.1) is 0 Å². The van der Waals surface area contributed by atoms with Crippen LogP contribution in [0.5, 0.6) is 0 Å². The van der Waals surface area contributed by atoms with Crippen LogP contribution in [-0.2, 0) is 19.3 Å². The Morgan fingerprint density at radius 2 is 1.41 bits per heavy atom. The van der Waals surface area contributed by atoms with Crippen molar-refractivity contribution >= 4 is 11.1 Å². The second-order valence-electron chi connectivity index (χ2n) is 8.90. The molecule has 0 nitrogen and oxygen atoms in total. The van der Waals surface area contributed by atoms with Crippen LogP contribution in [0.2, 0.25) is 0 Å². The molecule has 3 aromatic carbocycles. The lowest BCUT2D eigenvalue weighted by Crippen LogP contribution is -2.00. The maximum absolute atomic E-state index is 2.32. The highest BCUT2D eigenvalue weighted by Gasteiger charge is 2.21. The molecule has 1 atom stereocenters. The zero-order valence-electron chi connectivity index (χ0n) is 19.6. The minimum absolute atomic E-state index is 0.562. The molecule has 0 radical (unpaired) electrons. The molecular weight excluding hydrogens is 384 g/mol. The minimum atomic E-state index is 0.562.